The molecule has 4 aromatic rings. The summed E-state index contributed by atoms with van der Waals surface area (Å²) < 4.78 is 5.70. The van der Waals surface area contributed by atoms with Gasteiger partial charge in [0.05, 0.1) is 40.9 Å². The number of nitrogens with one attached hydrogen (secondary N) is 3. The average molecular weight is 531 g/mol. The van der Waals surface area contributed by atoms with E-state index < -0.39 is 12.1 Å². The molecule has 0 spiro atoms. The van der Waals surface area contributed by atoms with Gasteiger partial charge in [-0.05, 0) is 44.4 Å². The van der Waals surface area contributed by atoms with Crippen LogP contribution in [0.15, 0.2) is 61.4 Å². The average Bonchev–Trinajstić information content (AvgIpc) is 3.41. The van der Waals surface area contributed by atoms with Crippen LogP contribution >= 0.6 is 0 Å². The van der Waals surface area contributed by atoms with Crippen molar-refractivity contribution in [1.29, 1.82) is 0 Å². The fourth-order valence-corrected chi connectivity index (χ4v) is 4.23. The van der Waals surface area contributed by atoms with E-state index in [9.17, 15) is 9.90 Å². The van der Waals surface area contributed by atoms with E-state index in [0.29, 0.717) is 39.8 Å². The van der Waals surface area contributed by atoms with E-state index in [0.717, 1.165) is 29.7 Å². The van der Waals surface area contributed by atoms with Crippen LogP contribution in [-0.4, -0.2) is 78.4 Å². The molecular formula is C28H34N8O3. The van der Waals surface area contributed by atoms with Gasteiger partial charge in [-0.2, -0.15) is 0 Å². The number of primary amides is 1. The first-order chi connectivity index (χ1) is 18.7. The minimum absolute atomic E-state index is 0.345. The van der Waals surface area contributed by atoms with Gasteiger partial charge in [0.1, 0.15) is 12.0 Å². The number of amides is 1. The minimum Gasteiger partial charge on any atom is -0.494 e. The van der Waals surface area contributed by atoms with E-state index in [2.05, 4.69) is 37.0 Å². The number of likely N-dealkylation sites (N-methyl/N-ethyl adjacent to an activating group) is 2. The Morgan fingerprint density at radius 2 is 2.00 bits per heavy atom. The van der Waals surface area contributed by atoms with Gasteiger partial charge in [0.15, 0.2) is 0 Å². The Hall–Kier alpha value is -4.61. The summed E-state index contributed by atoms with van der Waals surface area (Å²) in [6, 6.07) is 10.9. The number of aromatic nitrogens is 3. The molecule has 11 nitrogen and oxygen atoms in total. The molecule has 0 saturated heterocycles. The number of H-pyrrole nitrogens is 1. The number of hydrogen-bond donors (Lipinski definition) is 5. The smallest absolute Gasteiger partial charge is 0.250 e. The highest BCUT2D eigenvalue weighted by Gasteiger charge is 2.18. The maximum absolute atomic E-state index is 11.8. The number of methoxy groups -OCH3 is 1. The zero-order valence-corrected chi connectivity index (χ0v) is 22.5. The van der Waals surface area contributed by atoms with Crippen molar-refractivity contribution < 1.29 is 14.6 Å². The molecule has 0 aliphatic rings. The van der Waals surface area contributed by atoms with Crippen molar-refractivity contribution in [3.8, 4) is 17.0 Å². The third-order valence-corrected chi connectivity index (χ3v) is 6.30. The van der Waals surface area contributed by atoms with Gasteiger partial charge in [0, 0.05) is 49.5 Å². The lowest BCUT2D eigenvalue weighted by Crippen LogP contribution is -2.29. The van der Waals surface area contributed by atoms with Crippen molar-refractivity contribution in [2.75, 3.05) is 56.9 Å². The van der Waals surface area contributed by atoms with Gasteiger partial charge in [-0.3, -0.25) is 4.79 Å². The third-order valence-electron chi connectivity index (χ3n) is 6.30. The molecule has 39 heavy (non-hydrogen) atoms. The highest BCUT2D eigenvalue weighted by molar-refractivity contribution is 6.08. The van der Waals surface area contributed by atoms with Gasteiger partial charge in [-0.1, -0.05) is 12.6 Å². The van der Waals surface area contributed by atoms with Crippen LogP contribution in [0, 0.1) is 0 Å². The molecule has 0 bridgehead atoms. The number of carbonyl (C=O) groups excluding carboxylic acids is 1. The summed E-state index contributed by atoms with van der Waals surface area (Å²) >= 11 is 0. The summed E-state index contributed by atoms with van der Waals surface area (Å²) in [7, 11) is 7.61. The predicted molar refractivity (Wildman–Crippen MR) is 156 cm³/mol. The Bertz CT molecular complexity index is 1480. The van der Waals surface area contributed by atoms with Gasteiger partial charge >= 0.3 is 0 Å². The standard InChI is InChI=1S/C28H34N8O3/c1-6-25(37)32-21-15-22(24(39-5)16-23(21)36(4)14-13-35(2)3)34-28-31-12-10-20(33-28)17-7-8-19(27(29)38)26-18(17)9-11-30-26/h6-12,15-16,25,30,32,37H,1,13-14H2,2-5H3,(H2,29,38)(H,31,33,34). The fraction of sp³-hybridized carbons (Fsp3) is 0.250. The van der Waals surface area contributed by atoms with E-state index >= 15 is 0 Å². The van der Waals surface area contributed by atoms with E-state index in [1.54, 1.807) is 31.6 Å². The summed E-state index contributed by atoms with van der Waals surface area (Å²) in [6.45, 7) is 5.27. The monoisotopic (exact) mass is 530 g/mol. The molecule has 204 valence electrons. The molecule has 0 fully saturated rings. The number of nitrogens with two attached hydrogens (primary N) is 1. The van der Waals surface area contributed by atoms with Gasteiger partial charge in [0.2, 0.25) is 5.95 Å². The predicted octanol–water partition coefficient (Wildman–Crippen LogP) is 3.39. The minimum atomic E-state index is -0.945. The Morgan fingerprint density at radius 3 is 2.69 bits per heavy atom. The summed E-state index contributed by atoms with van der Waals surface area (Å²) in [5.74, 6) is 0.415. The molecule has 0 aliphatic heterocycles. The van der Waals surface area contributed by atoms with Crippen LogP contribution in [0.3, 0.4) is 0 Å². The van der Waals surface area contributed by atoms with Gasteiger partial charge in [-0.25, -0.2) is 9.97 Å². The van der Waals surface area contributed by atoms with E-state index in [4.69, 9.17) is 15.5 Å². The second kappa shape index (κ2) is 11.8. The SMILES string of the molecule is C=CC(O)Nc1cc(Nc2nccc(-c3ccc(C(N)=O)c4[nH]ccc34)n2)c(OC)cc1N(C)CCN(C)C. The van der Waals surface area contributed by atoms with Crippen LogP contribution in [-0.2, 0) is 0 Å². The van der Waals surface area contributed by atoms with Gasteiger partial charge in [0.25, 0.3) is 5.91 Å². The quantitative estimate of drug-likeness (QED) is 0.137. The Labute approximate surface area is 227 Å². The van der Waals surface area contributed by atoms with E-state index in [-0.39, 0.29) is 0 Å². The first-order valence-electron chi connectivity index (χ1n) is 12.4. The summed E-state index contributed by atoms with van der Waals surface area (Å²) in [5.41, 5.74) is 10.2. The number of anilines is 4. The van der Waals surface area contributed by atoms with E-state index in [1.165, 1.54) is 6.08 Å². The fourth-order valence-electron chi connectivity index (χ4n) is 4.23. The zero-order valence-electron chi connectivity index (χ0n) is 22.5. The van der Waals surface area contributed by atoms with Crippen LogP contribution < -0.4 is 26.0 Å². The topological polar surface area (TPSA) is 145 Å². The number of ether oxygens (including phenoxy) is 1. The van der Waals surface area contributed by atoms with Crippen molar-refractivity contribution in [3.05, 3.63) is 67.0 Å². The van der Waals surface area contributed by atoms with Gasteiger partial charge in [-0.15, -0.1) is 0 Å². The Morgan fingerprint density at radius 1 is 1.21 bits per heavy atom. The molecular weight excluding hydrogens is 496 g/mol. The van der Waals surface area contributed by atoms with Crippen LogP contribution in [0.5, 0.6) is 5.75 Å². The molecule has 2 aromatic heterocycles. The summed E-state index contributed by atoms with van der Waals surface area (Å²) in [6.07, 6.45) is 3.88. The van der Waals surface area contributed by atoms with Crippen molar-refractivity contribution in [1.82, 2.24) is 19.9 Å². The zero-order chi connectivity index (χ0) is 28.1. The number of benzene rings is 2. The van der Waals surface area contributed by atoms with Crippen molar-refractivity contribution in [3.63, 3.8) is 0 Å². The second-order valence-corrected chi connectivity index (χ2v) is 9.30. The lowest BCUT2D eigenvalue weighted by Gasteiger charge is -2.27. The van der Waals surface area contributed by atoms with Crippen LogP contribution in [0.4, 0.5) is 23.0 Å². The lowest BCUT2D eigenvalue weighted by molar-refractivity contribution is 0.100. The second-order valence-electron chi connectivity index (χ2n) is 9.30. The molecule has 0 aliphatic carbocycles. The maximum atomic E-state index is 11.8. The van der Waals surface area contributed by atoms with Crippen molar-refractivity contribution in [2.45, 2.75) is 6.23 Å². The highest BCUT2D eigenvalue weighted by atomic mass is 16.5. The molecule has 1 amide bonds. The first-order valence-corrected chi connectivity index (χ1v) is 12.4. The Kier molecular flexibility index (Phi) is 8.33. The first kappa shape index (κ1) is 27.4. The normalized spacial score (nSPS) is 11.8. The van der Waals surface area contributed by atoms with E-state index in [1.807, 2.05) is 45.4 Å². The van der Waals surface area contributed by atoms with Crippen molar-refractivity contribution >= 4 is 39.8 Å². The Balaban J connectivity index is 1.71. The summed E-state index contributed by atoms with van der Waals surface area (Å²) in [5, 5.41) is 17.4. The molecule has 6 N–H and O–H groups in total. The number of rotatable bonds is 12. The van der Waals surface area contributed by atoms with Crippen LogP contribution in [0.1, 0.15) is 10.4 Å². The molecule has 0 saturated carbocycles. The number of aliphatic hydroxyl groups is 1. The largest absolute Gasteiger partial charge is 0.494 e. The van der Waals surface area contributed by atoms with Crippen LogP contribution in [0.2, 0.25) is 0 Å². The number of carbonyl (C=O) groups is 1. The number of hydrogen-bond acceptors (Lipinski definition) is 9. The van der Waals surface area contributed by atoms with Crippen LogP contribution in [0.25, 0.3) is 22.2 Å². The lowest BCUT2D eigenvalue weighted by atomic mass is 10.0. The number of fused-ring (bicyclic) bond motifs is 1. The number of aliphatic hydroxyl groups excluding tert-OH is 1. The van der Waals surface area contributed by atoms with Crippen molar-refractivity contribution in [2.24, 2.45) is 5.73 Å². The highest BCUT2D eigenvalue weighted by Crippen LogP contribution is 2.38. The molecule has 1 unspecified atom stereocenters. The molecule has 11 heteroatoms. The molecule has 1 atom stereocenters. The molecule has 2 heterocycles. The number of aromatic amines is 1. The maximum Gasteiger partial charge on any atom is 0.250 e. The molecule has 0 radical (unpaired) electrons. The molecule has 2 aromatic carbocycles. The van der Waals surface area contributed by atoms with Gasteiger partial charge < -0.3 is 41.0 Å². The summed E-state index contributed by atoms with van der Waals surface area (Å²) in [4.78, 5) is 28.2. The number of nitrogens with zero attached hydrogens (tertiary/aromatic N) is 4. The third kappa shape index (κ3) is 6.11. The molecule has 4 rings (SSSR count).